The summed E-state index contributed by atoms with van der Waals surface area (Å²) in [7, 11) is 0. The number of esters is 1. The fourth-order valence-corrected chi connectivity index (χ4v) is 5.08. The summed E-state index contributed by atoms with van der Waals surface area (Å²) >= 11 is 27.8. The first-order valence-corrected chi connectivity index (χ1v) is 12.8. The van der Waals surface area contributed by atoms with Crippen molar-refractivity contribution < 1.29 is 23.9 Å². The largest absolute Gasteiger partial charge is 0.454 e. The molecular formula is C23H19BrCl4N2O5. The summed E-state index contributed by atoms with van der Waals surface area (Å²) in [5.41, 5.74) is 0.898. The zero-order valence-corrected chi connectivity index (χ0v) is 23.1. The van der Waals surface area contributed by atoms with E-state index >= 15 is 0 Å². The number of nitrogens with one attached hydrogen (secondary N) is 1. The second kappa shape index (κ2) is 11.5. The first kappa shape index (κ1) is 27.7. The number of nitrogens with zero attached hydrogens (tertiary/aromatic N) is 1. The molecule has 12 heteroatoms. The molecule has 2 aromatic carbocycles. The van der Waals surface area contributed by atoms with Crippen molar-refractivity contribution in [2.24, 2.45) is 0 Å². The summed E-state index contributed by atoms with van der Waals surface area (Å²) < 4.78 is 6.04. The number of halogens is 5. The minimum absolute atomic E-state index is 0.116. The molecule has 0 spiro atoms. The number of fused-ring (bicyclic) bond motifs is 1. The quantitative estimate of drug-likeness (QED) is 0.153. The van der Waals surface area contributed by atoms with E-state index in [1.54, 1.807) is 12.1 Å². The van der Waals surface area contributed by atoms with Gasteiger partial charge in [0.15, 0.2) is 6.61 Å². The highest BCUT2D eigenvalue weighted by Crippen LogP contribution is 2.45. The number of rotatable bonds is 8. The van der Waals surface area contributed by atoms with E-state index in [4.69, 9.17) is 51.1 Å². The molecule has 0 fully saturated rings. The Kier molecular flexibility index (Phi) is 9.10. The topological polar surface area (TPSA) is 92.8 Å². The lowest BCUT2D eigenvalue weighted by Crippen LogP contribution is -2.46. The fraction of sp³-hybridized carbons (Fsp3) is 0.304. The number of anilines is 1. The van der Waals surface area contributed by atoms with Gasteiger partial charge in [-0.25, -0.2) is 4.79 Å². The molecule has 1 heterocycles. The van der Waals surface area contributed by atoms with Gasteiger partial charge >= 0.3 is 5.97 Å². The highest BCUT2D eigenvalue weighted by molar-refractivity contribution is 9.10. The van der Waals surface area contributed by atoms with Gasteiger partial charge in [-0.3, -0.25) is 19.3 Å². The number of aryl methyl sites for hydroxylation is 1. The second-order valence-electron chi connectivity index (χ2n) is 7.76. The van der Waals surface area contributed by atoms with Crippen LogP contribution in [0.1, 0.15) is 52.5 Å². The van der Waals surface area contributed by atoms with Crippen molar-refractivity contribution in [2.75, 3.05) is 11.9 Å². The molecule has 0 radical (unpaired) electrons. The summed E-state index contributed by atoms with van der Waals surface area (Å²) in [6.45, 7) is 3.08. The predicted octanol–water partition coefficient (Wildman–Crippen LogP) is 6.71. The van der Waals surface area contributed by atoms with Gasteiger partial charge in [0.1, 0.15) is 6.04 Å². The van der Waals surface area contributed by atoms with E-state index in [-0.39, 0.29) is 37.6 Å². The van der Waals surface area contributed by atoms with Gasteiger partial charge in [0, 0.05) is 10.2 Å². The molecule has 35 heavy (non-hydrogen) atoms. The molecule has 0 saturated heterocycles. The Balaban J connectivity index is 1.81. The monoisotopic (exact) mass is 622 g/mol. The molecule has 0 bridgehead atoms. The van der Waals surface area contributed by atoms with E-state index < -0.39 is 36.3 Å². The molecule has 186 valence electrons. The summed E-state index contributed by atoms with van der Waals surface area (Å²) in [6, 6.07) is 3.98. The molecule has 1 aliphatic heterocycles. The fourth-order valence-electron chi connectivity index (χ4n) is 3.59. The average molecular weight is 625 g/mol. The number of carbonyl (C=O) groups is 4. The van der Waals surface area contributed by atoms with Crippen LogP contribution in [0, 0.1) is 6.92 Å². The van der Waals surface area contributed by atoms with Gasteiger partial charge in [-0.05, 0) is 37.1 Å². The van der Waals surface area contributed by atoms with Crippen molar-refractivity contribution >= 4 is 91.7 Å². The lowest BCUT2D eigenvalue weighted by molar-refractivity contribution is -0.151. The Labute approximate surface area is 230 Å². The van der Waals surface area contributed by atoms with Crippen molar-refractivity contribution in [1.82, 2.24) is 4.90 Å². The molecule has 3 amide bonds. The van der Waals surface area contributed by atoms with Gasteiger partial charge in [-0.1, -0.05) is 82.1 Å². The van der Waals surface area contributed by atoms with Crippen molar-refractivity contribution in [2.45, 2.75) is 39.2 Å². The van der Waals surface area contributed by atoms with E-state index in [1.165, 1.54) is 0 Å². The van der Waals surface area contributed by atoms with E-state index in [1.807, 2.05) is 19.9 Å². The van der Waals surface area contributed by atoms with Crippen molar-refractivity contribution in [3.63, 3.8) is 0 Å². The van der Waals surface area contributed by atoms with Crippen LogP contribution >= 0.6 is 62.3 Å². The van der Waals surface area contributed by atoms with Crippen LogP contribution < -0.4 is 5.32 Å². The Morgan fingerprint density at radius 3 is 2.11 bits per heavy atom. The zero-order valence-electron chi connectivity index (χ0n) is 18.5. The number of unbranched alkanes of at least 4 members (excludes halogenated alkanes) is 1. The van der Waals surface area contributed by atoms with Crippen molar-refractivity contribution in [3.8, 4) is 0 Å². The standard InChI is InChI=1S/C23H19BrCl4N2O5/c1-3-4-5-13(23(34)35-9-14(31)29-12-7-6-11(24)8-10(12)2)30-21(32)15-16(22(30)33)18(26)20(28)19(27)17(15)25/h6-8,13H,3-5,9H2,1-2H3,(H,29,31)/t13-/m0/s1. The van der Waals surface area contributed by atoms with Crippen molar-refractivity contribution in [1.29, 1.82) is 0 Å². The SMILES string of the molecule is CCCC[C@@H](C(=O)OCC(=O)Nc1ccc(Br)cc1C)N1C(=O)c2c(Cl)c(Cl)c(Cl)c(Cl)c2C1=O. The van der Waals surface area contributed by atoms with Crippen LogP contribution in [0.3, 0.4) is 0 Å². The van der Waals surface area contributed by atoms with Crippen LogP contribution in [0.4, 0.5) is 5.69 Å². The lowest BCUT2D eigenvalue weighted by atomic mass is 10.1. The maximum atomic E-state index is 13.2. The third-order valence-corrected chi connectivity index (χ3v) is 7.65. The molecule has 0 unspecified atom stereocenters. The van der Waals surface area contributed by atoms with Crippen LogP contribution in [0.25, 0.3) is 0 Å². The Hall–Kier alpha value is -1.84. The number of ether oxygens (including phenoxy) is 1. The minimum Gasteiger partial charge on any atom is -0.454 e. The Morgan fingerprint density at radius 1 is 1.03 bits per heavy atom. The zero-order chi connectivity index (χ0) is 26.0. The van der Waals surface area contributed by atoms with Crippen LogP contribution in [0.5, 0.6) is 0 Å². The molecule has 0 saturated carbocycles. The molecular weight excluding hydrogens is 606 g/mol. The maximum absolute atomic E-state index is 13.2. The normalized spacial score (nSPS) is 13.6. The number of amides is 3. The predicted molar refractivity (Wildman–Crippen MR) is 139 cm³/mol. The molecule has 1 N–H and O–H groups in total. The third-order valence-electron chi connectivity index (χ3n) is 5.36. The van der Waals surface area contributed by atoms with Gasteiger partial charge in [-0.2, -0.15) is 0 Å². The smallest absolute Gasteiger partial charge is 0.329 e. The van der Waals surface area contributed by atoms with Crippen LogP contribution in [0.2, 0.25) is 20.1 Å². The van der Waals surface area contributed by atoms with Crippen LogP contribution in [-0.4, -0.2) is 41.2 Å². The Morgan fingerprint density at radius 2 is 1.60 bits per heavy atom. The summed E-state index contributed by atoms with van der Waals surface area (Å²) in [6.07, 6.45) is 1.29. The first-order valence-electron chi connectivity index (χ1n) is 10.5. The Bertz CT molecular complexity index is 1190. The highest BCUT2D eigenvalue weighted by Gasteiger charge is 2.47. The number of hydrogen-bond acceptors (Lipinski definition) is 5. The first-order chi connectivity index (χ1) is 16.5. The number of benzene rings is 2. The van der Waals surface area contributed by atoms with Gasteiger partial charge in [0.05, 0.1) is 31.2 Å². The lowest BCUT2D eigenvalue weighted by Gasteiger charge is -2.24. The van der Waals surface area contributed by atoms with E-state index in [0.29, 0.717) is 18.5 Å². The molecule has 0 aromatic heterocycles. The molecule has 2 aromatic rings. The molecule has 7 nitrogen and oxygen atoms in total. The highest BCUT2D eigenvalue weighted by atomic mass is 79.9. The minimum atomic E-state index is -1.30. The third kappa shape index (κ3) is 5.62. The molecule has 1 atom stereocenters. The van der Waals surface area contributed by atoms with Gasteiger partial charge in [-0.15, -0.1) is 0 Å². The average Bonchev–Trinajstić information content (AvgIpc) is 3.07. The number of carbonyl (C=O) groups excluding carboxylic acids is 4. The van der Waals surface area contributed by atoms with Crippen LogP contribution in [0.15, 0.2) is 22.7 Å². The van der Waals surface area contributed by atoms with Gasteiger partial charge in [0.25, 0.3) is 17.7 Å². The molecule has 1 aliphatic rings. The summed E-state index contributed by atoms with van der Waals surface area (Å²) in [4.78, 5) is 52.4. The molecule has 0 aliphatic carbocycles. The number of imide groups is 1. The molecule has 3 rings (SSSR count). The number of hydrogen-bond donors (Lipinski definition) is 1. The van der Waals surface area contributed by atoms with Crippen molar-refractivity contribution in [3.05, 3.63) is 59.5 Å². The van der Waals surface area contributed by atoms with Gasteiger partial charge < -0.3 is 10.1 Å². The summed E-state index contributed by atoms with van der Waals surface area (Å²) in [5.74, 6) is -3.18. The van der Waals surface area contributed by atoms with E-state index in [0.717, 1.165) is 14.9 Å². The van der Waals surface area contributed by atoms with E-state index in [2.05, 4.69) is 21.2 Å². The second-order valence-corrected chi connectivity index (χ2v) is 10.2. The van der Waals surface area contributed by atoms with Gasteiger partial charge in [0.2, 0.25) is 0 Å². The summed E-state index contributed by atoms with van der Waals surface area (Å²) in [5, 5.41) is 1.84. The maximum Gasteiger partial charge on any atom is 0.329 e. The van der Waals surface area contributed by atoms with Crippen LogP contribution in [-0.2, 0) is 14.3 Å². The van der Waals surface area contributed by atoms with E-state index in [9.17, 15) is 19.2 Å².